The molecule has 2 rings (SSSR count). The first-order chi connectivity index (χ1) is 8.61. The summed E-state index contributed by atoms with van der Waals surface area (Å²) in [6.07, 6.45) is 2.76. The minimum atomic E-state index is 0.0509. The monoisotopic (exact) mass is 252 g/mol. The number of amides is 2. The first-order valence-electron chi connectivity index (χ1n) is 6.40. The molecule has 1 aliphatic heterocycles. The Bertz CT molecular complexity index is 416. The fourth-order valence-electron chi connectivity index (χ4n) is 2.21. The summed E-state index contributed by atoms with van der Waals surface area (Å²) < 4.78 is 5.27. The molecule has 1 aromatic rings. The zero-order valence-electron chi connectivity index (χ0n) is 11.2. The van der Waals surface area contributed by atoms with Crippen molar-refractivity contribution in [3.8, 4) is 0 Å². The third-order valence-corrected chi connectivity index (χ3v) is 3.22. The molecular formula is C12H20N4O2. The summed E-state index contributed by atoms with van der Waals surface area (Å²) in [5, 5.41) is 3.91. The number of piperidine rings is 1. The Kier molecular flexibility index (Phi) is 3.84. The zero-order chi connectivity index (χ0) is 13.1. The molecule has 0 spiro atoms. The Hall–Kier alpha value is -1.59. The number of carbonyl (C=O) groups excluding carboxylic acids is 1. The number of rotatable bonds is 2. The van der Waals surface area contributed by atoms with E-state index in [1.165, 1.54) is 0 Å². The van der Waals surface area contributed by atoms with E-state index in [1.807, 2.05) is 11.8 Å². The number of aryl methyl sites for hydroxylation is 1. The van der Waals surface area contributed by atoms with Crippen molar-refractivity contribution in [1.82, 2.24) is 19.9 Å². The van der Waals surface area contributed by atoms with Gasteiger partial charge in [-0.1, -0.05) is 12.1 Å². The lowest BCUT2D eigenvalue weighted by molar-refractivity contribution is 0.149. The molecular weight excluding hydrogens is 232 g/mol. The van der Waals surface area contributed by atoms with Gasteiger partial charge in [0.2, 0.25) is 5.89 Å². The molecule has 18 heavy (non-hydrogen) atoms. The number of nitrogens with zero attached hydrogens (tertiary/aromatic N) is 4. The van der Waals surface area contributed by atoms with Crippen molar-refractivity contribution in [2.24, 2.45) is 0 Å². The van der Waals surface area contributed by atoms with Crippen LogP contribution in [0.2, 0.25) is 0 Å². The van der Waals surface area contributed by atoms with Crippen LogP contribution in [-0.4, -0.2) is 53.2 Å². The van der Waals surface area contributed by atoms with Crippen LogP contribution in [0.4, 0.5) is 4.79 Å². The van der Waals surface area contributed by atoms with Gasteiger partial charge in [-0.05, 0) is 12.8 Å². The van der Waals surface area contributed by atoms with E-state index in [0.717, 1.165) is 31.6 Å². The van der Waals surface area contributed by atoms with Gasteiger partial charge in [-0.2, -0.15) is 4.98 Å². The maximum atomic E-state index is 11.9. The van der Waals surface area contributed by atoms with Crippen molar-refractivity contribution in [3.05, 3.63) is 11.7 Å². The summed E-state index contributed by atoms with van der Waals surface area (Å²) in [7, 11) is 3.54. The Morgan fingerprint density at radius 2 is 2.33 bits per heavy atom. The lowest BCUT2D eigenvalue weighted by Gasteiger charge is -2.32. The molecule has 6 nitrogen and oxygen atoms in total. The average Bonchev–Trinajstić information content (AvgIpc) is 2.86. The van der Waals surface area contributed by atoms with Gasteiger partial charge < -0.3 is 14.3 Å². The standard InChI is InChI=1S/C12H20N4O2/c1-4-10-13-11(18-14-10)9-6-5-7-16(8-9)12(17)15(2)3/h9H,4-8H2,1-3H3/t9-/m0/s1. The van der Waals surface area contributed by atoms with Crippen molar-refractivity contribution in [3.63, 3.8) is 0 Å². The Morgan fingerprint density at radius 1 is 1.56 bits per heavy atom. The van der Waals surface area contributed by atoms with E-state index in [1.54, 1.807) is 19.0 Å². The summed E-state index contributed by atoms with van der Waals surface area (Å²) >= 11 is 0. The van der Waals surface area contributed by atoms with E-state index >= 15 is 0 Å². The van der Waals surface area contributed by atoms with Crippen LogP contribution in [0.5, 0.6) is 0 Å². The average molecular weight is 252 g/mol. The van der Waals surface area contributed by atoms with Crippen LogP contribution in [0.15, 0.2) is 4.52 Å². The number of likely N-dealkylation sites (tertiary alicyclic amines) is 1. The third kappa shape index (κ3) is 2.63. The van der Waals surface area contributed by atoms with Crippen LogP contribution < -0.4 is 0 Å². The summed E-state index contributed by atoms with van der Waals surface area (Å²) in [6, 6.07) is 0.0509. The maximum Gasteiger partial charge on any atom is 0.319 e. The lowest BCUT2D eigenvalue weighted by atomic mass is 9.98. The van der Waals surface area contributed by atoms with Crippen LogP contribution >= 0.6 is 0 Å². The molecule has 0 bridgehead atoms. The lowest BCUT2D eigenvalue weighted by Crippen LogP contribution is -2.44. The molecule has 1 saturated heterocycles. The predicted octanol–water partition coefficient (Wildman–Crippen LogP) is 1.49. The van der Waals surface area contributed by atoms with Crippen molar-refractivity contribution in [2.75, 3.05) is 27.2 Å². The fourth-order valence-corrected chi connectivity index (χ4v) is 2.21. The van der Waals surface area contributed by atoms with E-state index in [4.69, 9.17) is 4.52 Å². The molecule has 1 fully saturated rings. The Balaban J connectivity index is 2.04. The molecule has 2 heterocycles. The second-order valence-corrected chi connectivity index (χ2v) is 4.86. The van der Waals surface area contributed by atoms with E-state index in [9.17, 15) is 4.79 Å². The third-order valence-electron chi connectivity index (χ3n) is 3.22. The van der Waals surface area contributed by atoms with Gasteiger partial charge in [0.1, 0.15) is 0 Å². The van der Waals surface area contributed by atoms with E-state index < -0.39 is 0 Å². The van der Waals surface area contributed by atoms with Gasteiger partial charge in [0.05, 0.1) is 5.92 Å². The van der Waals surface area contributed by atoms with E-state index in [2.05, 4.69) is 10.1 Å². The summed E-state index contributed by atoms with van der Waals surface area (Å²) in [5.74, 6) is 1.58. The molecule has 0 N–H and O–H groups in total. The molecule has 100 valence electrons. The topological polar surface area (TPSA) is 62.5 Å². The first kappa shape index (κ1) is 12.9. The SMILES string of the molecule is CCc1noc([C@H]2CCCN(C(=O)N(C)C)C2)n1. The van der Waals surface area contributed by atoms with Gasteiger partial charge >= 0.3 is 6.03 Å². The zero-order valence-corrected chi connectivity index (χ0v) is 11.2. The van der Waals surface area contributed by atoms with Crippen LogP contribution in [-0.2, 0) is 6.42 Å². The van der Waals surface area contributed by atoms with E-state index in [-0.39, 0.29) is 11.9 Å². The number of hydrogen-bond acceptors (Lipinski definition) is 4. The molecule has 0 radical (unpaired) electrons. The second-order valence-electron chi connectivity index (χ2n) is 4.86. The van der Waals surface area contributed by atoms with Crippen LogP contribution in [0.25, 0.3) is 0 Å². The van der Waals surface area contributed by atoms with Gasteiger partial charge in [0.15, 0.2) is 5.82 Å². The Labute approximate surface area is 107 Å². The normalized spacial score (nSPS) is 19.9. The molecule has 6 heteroatoms. The van der Waals surface area contributed by atoms with Crippen LogP contribution in [0, 0.1) is 0 Å². The molecule has 0 aliphatic carbocycles. The first-order valence-corrected chi connectivity index (χ1v) is 6.40. The molecule has 1 atom stereocenters. The highest BCUT2D eigenvalue weighted by molar-refractivity contribution is 5.74. The minimum absolute atomic E-state index is 0.0509. The largest absolute Gasteiger partial charge is 0.339 e. The van der Waals surface area contributed by atoms with Crippen molar-refractivity contribution in [2.45, 2.75) is 32.1 Å². The molecule has 0 unspecified atom stereocenters. The van der Waals surface area contributed by atoms with Gasteiger partial charge in [-0.25, -0.2) is 4.79 Å². The van der Waals surface area contributed by atoms with Crippen molar-refractivity contribution < 1.29 is 9.32 Å². The maximum absolute atomic E-state index is 11.9. The van der Waals surface area contributed by atoms with Crippen LogP contribution in [0.3, 0.4) is 0 Å². The highest BCUT2D eigenvalue weighted by Crippen LogP contribution is 2.26. The molecule has 1 aliphatic rings. The predicted molar refractivity (Wildman–Crippen MR) is 66.3 cm³/mol. The molecule has 2 amide bonds. The quantitative estimate of drug-likeness (QED) is 0.800. The van der Waals surface area contributed by atoms with Crippen molar-refractivity contribution >= 4 is 6.03 Å². The molecule has 0 aromatic carbocycles. The summed E-state index contributed by atoms with van der Waals surface area (Å²) in [4.78, 5) is 19.7. The van der Waals surface area contributed by atoms with Crippen molar-refractivity contribution in [1.29, 1.82) is 0 Å². The highest BCUT2D eigenvalue weighted by Gasteiger charge is 2.28. The molecule has 0 saturated carbocycles. The number of aromatic nitrogens is 2. The fraction of sp³-hybridized carbons (Fsp3) is 0.750. The van der Waals surface area contributed by atoms with Gasteiger partial charge in [-0.15, -0.1) is 0 Å². The van der Waals surface area contributed by atoms with Gasteiger partial charge in [0.25, 0.3) is 0 Å². The highest BCUT2D eigenvalue weighted by atomic mass is 16.5. The number of carbonyl (C=O) groups is 1. The van der Waals surface area contributed by atoms with Gasteiger partial charge in [0, 0.05) is 33.6 Å². The molecule has 1 aromatic heterocycles. The van der Waals surface area contributed by atoms with Crippen LogP contribution in [0.1, 0.15) is 37.4 Å². The number of urea groups is 1. The summed E-state index contributed by atoms with van der Waals surface area (Å²) in [5.41, 5.74) is 0. The second kappa shape index (κ2) is 5.37. The smallest absolute Gasteiger partial charge is 0.319 e. The van der Waals surface area contributed by atoms with E-state index in [0.29, 0.717) is 12.4 Å². The van der Waals surface area contributed by atoms with Gasteiger partial charge in [-0.3, -0.25) is 0 Å². The Morgan fingerprint density at radius 3 is 2.94 bits per heavy atom. The number of hydrogen-bond donors (Lipinski definition) is 0. The summed E-state index contributed by atoms with van der Waals surface area (Å²) in [6.45, 7) is 3.47. The minimum Gasteiger partial charge on any atom is -0.339 e.